The number of carboxylic acids is 1. The SMILES string of the molecule is CC/C=C\C/C=C\C/C=C\C/C=C\C(CCCCCC(=O)NC(CCCN)C(=O)O)OC(=O)CCCCCCCCCCCCCCC. The first-order valence-electron chi connectivity index (χ1n) is 19.5. The van der Waals surface area contributed by atoms with Crippen LogP contribution in [0, 0.1) is 0 Å². The molecule has 0 radical (unpaired) electrons. The van der Waals surface area contributed by atoms with E-state index in [2.05, 4.69) is 61.7 Å². The predicted octanol–water partition coefficient (Wildman–Crippen LogP) is 10.4. The predicted molar refractivity (Wildman–Crippen MR) is 202 cm³/mol. The maximum atomic E-state index is 12.7. The molecule has 48 heavy (non-hydrogen) atoms. The lowest BCUT2D eigenvalue weighted by molar-refractivity contribution is -0.147. The molecule has 0 saturated heterocycles. The third-order valence-corrected chi connectivity index (χ3v) is 8.39. The van der Waals surface area contributed by atoms with Gasteiger partial charge in [-0.15, -0.1) is 0 Å². The van der Waals surface area contributed by atoms with Crippen molar-refractivity contribution in [3.8, 4) is 0 Å². The number of aliphatic carboxylic acids is 1. The number of ether oxygens (including phenoxy) is 1. The van der Waals surface area contributed by atoms with Crippen LogP contribution in [-0.4, -0.2) is 41.6 Å². The fourth-order valence-corrected chi connectivity index (χ4v) is 5.48. The van der Waals surface area contributed by atoms with Crippen LogP contribution in [0.5, 0.6) is 0 Å². The Hall–Kier alpha value is -2.67. The number of hydrogen-bond donors (Lipinski definition) is 3. The summed E-state index contributed by atoms with van der Waals surface area (Å²) in [6, 6.07) is -0.891. The highest BCUT2D eigenvalue weighted by molar-refractivity contribution is 5.83. The number of carbonyl (C=O) groups is 3. The van der Waals surface area contributed by atoms with E-state index in [1.54, 1.807) is 0 Å². The Morgan fingerprint density at radius 2 is 1.12 bits per heavy atom. The Balaban J connectivity index is 4.50. The standard InChI is InChI=1S/C41H72N2O5/c1-3-5-7-9-11-13-15-16-18-20-22-24-29-35-40(45)48-37(31-26-23-21-19-17-14-12-10-8-6-4-2)32-27-25-28-34-39(44)43-38(41(46)47)33-30-36-42/h6,8,12,14,19,21,26,31,37-38H,3-5,7,9-11,13,15-18,20,22-25,27-30,32-36,42H2,1-2H3,(H,43,44)(H,46,47)/b8-6-,14-12-,21-19-,31-26-. The van der Waals surface area contributed by atoms with Crippen molar-refractivity contribution in [1.82, 2.24) is 5.32 Å². The van der Waals surface area contributed by atoms with Gasteiger partial charge < -0.3 is 20.9 Å². The number of rotatable bonds is 34. The number of amides is 1. The summed E-state index contributed by atoms with van der Waals surface area (Å²) in [6.45, 7) is 4.79. The summed E-state index contributed by atoms with van der Waals surface area (Å²) in [5.41, 5.74) is 5.48. The van der Waals surface area contributed by atoms with Crippen molar-refractivity contribution in [1.29, 1.82) is 0 Å². The van der Waals surface area contributed by atoms with Crippen molar-refractivity contribution in [2.24, 2.45) is 5.73 Å². The number of esters is 1. The molecule has 0 aromatic carbocycles. The summed E-state index contributed by atoms with van der Waals surface area (Å²) in [7, 11) is 0. The second-order valence-corrected chi connectivity index (χ2v) is 13.0. The van der Waals surface area contributed by atoms with E-state index < -0.39 is 12.0 Å². The van der Waals surface area contributed by atoms with Gasteiger partial charge >= 0.3 is 11.9 Å². The second kappa shape index (κ2) is 35.6. The van der Waals surface area contributed by atoms with Gasteiger partial charge in [0.15, 0.2) is 0 Å². The van der Waals surface area contributed by atoms with Crippen molar-refractivity contribution in [2.45, 2.75) is 187 Å². The maximum absolute atomic E-state index is 12.7. The molecule has 0 spiro atoms. The van der Waals surface area contributed by atoms with E-state index in [9.17, 15) is 19.5 Å². The fourth-order valence-electron chi connectivity index (χ4n) is 5.48. The lowest BCUT2D eigenvalue weighted by Crippen LogP contribution is -2.40. The van der Waals surface area contributed by atoms with E-state index in [-0.39, 0.29) is 24.4 Å². The highest BCUT2D eigenvalue weighted by Gasteiger charge is 2.19. The third kappa shape index (κ3) is 31.9. The highest BCUT2D eigenvalue weighted by atomic mass is 16.5. The Labute approximate surface area is 294 Å². The van der Waals surface area contributed by atoms with Crippen molar-refractivity contribution in [2.75, 3.05) is 6.54 Å². The van der Waals surface area contributed by atoms with Gasteiger partial charge in [-0.25, -0.2) is 4.79 Å². The Morgan fingerprint density at radius 3 is 1.67 bits per heavy atom. The zero-order valence-electron chi connectivity index (χ0n) is 30.8. The summed E-state index contributed by atoms with van der Waals surface area (Å²) >= 11 is 0. The Kier molecular flexibility index (Phi) is 33.7. The smallest absolute Gasteiger partial charge is 0.326 e. The largest absolute Gasteiger partial charge is 0.480 e. The van der Waals surface area contributed by atoms with Crippen molar-refractivity contribution in [3.63, 3.8) is 0 Å². The molecule has 0 aliphatic carbocycles. The fraction of sp³-hybridized carbons (Fsp3) is 0.732. The molecule has 0 bridgehead atoms. The van der Waals surface area contributed by atoms with E-state index in [0.29, 0.717) is 38.6 Å². The van der Waals surface area contributed by atoms with Crippen LogP contribution >= 0.6 is 0 Å². The van der Waals surface area contributed by atoms with E-state index in [1.807, 2.05) is 6.08 Å². The molecule has 4 N–H and O–H groups in total. The Bertz CT molecular complexity index is 895. The number of carbonyl (C=O) groups excluding carboxylic acids is 2. The molecular weight excluding hydrogens is 600 g/mol. The topological polar surface area (TPSA) is 119 Å². The minimum Gasteiger partial charge on any atom is -0.480 e. The van der Waals surface area contributed by atoms with Gasteiger partial charge in [0.2, 0.25) is 5.91 Å². The van der Waals surface area contributed by atoms with Crippen LogP contribution < -0.4 is 11.1 Å². The molecular formula is C41H72N2O5. The van der Waals surface area contributed by atoms with Crippen LogP contribution in [0.25, 0.3) is 0 Å². The summed E-state index contributed by atoms with van der Waals surface area (Å²) in [5.74, 6) is -1.42. The van der Waals surface area contributed by atoms with Crippen LogP contribution in [0.15, 0.2) is 48.6 Å². The van der Waals surface area contributed by atoms with E-state index in [4.69, 9.17) is 10.5 Å². The zero-order valence-corrected chi connectivity index (χ0v) is 30.8. The van der Waals surface area contributed by atoms with Gasteiger partial charge in [-0.1, -0.05) is 140 Å². The summed E-state index contributed by atoms with van der Waals surface area (Å²) in [4.78, 5) is 36.3. The average Bonchev–Trinajstić information content (AvgIpc) is 3.07. The van der Waals surface area contributed by atoms with Gasteiger partial charge in [0.05, 0.1) is 0 Å². The average molecular weight is 673 g/mol. The monoisotopic (exact) mass is 673 g/mol. The molecule has 7 heteroatoms. The van der Waals surface area contributed by atoms with Crippen LogP contribution in [0.3, 0.4) is 0 Å². The number of nitrogens with one attached hydrogen (secondary N) is 1. The Morgan fingerprint density at radius 1 is 0.625 bits per heavy atom. The molecule has 0 rings (SSSR count). The lowest BCUT2D eigenvalue weighted by atomic mass is 10.0. The third-order valence-electron chi connectivity index (χ3n) is 8.39. The van der Waals surface area contributed by atoms with Crippen LogP contribution in [-0.2, 0) is 19.1 Å². The van der Waals surface area contributed by atoms with Crippen molar-refractivity contribution in [3.05, 3.63) is 48.6 Å². The van der Waals surface area contributed by atoms with E-state index >= 15 is 0 Å². The zero-order chi connectivity index (χ0) is 35.3. The molecule has 0 aromatic rings. The van der Waals surface area contributed by atoms with Crippen molar-refractivity contribution >= 4 is 17.8 Å². The molecule has 7 nitrogen and oxygen atoms in total. The molecule has 0 aromatic heterocycles. The molecule has 2 atom stereocenters. The molecule has 0 aliphatic rings. The van der Waals surface area contributed by atoms with Gasteiger partial charge in [-0.2, -0.15) is 0 Å². The van der Waals surface area contributed by atoms with Crippen LogP contribution in [0.2, 0.25) is 0 Å². The summed E-state index contributed by atoms with van der Waals surface area (Å²) in [6.07, 6.45) is 41.6. The number of hydrogen-bond acceptors (Lipinski definition) is 5. The lowest BCUT2D eigenvalue weighted by Gasteiger charge is -2.15. The van der Waals surface area contributed by atoms with Gasteiger partial charge in [0.1, 0.15) is 12.1 Å². The minimum atomic E-state index is -1.03. The van der Waals surface area contributed by atoms with Gasteiger partial charge in [-0.05, 0) is 76.8 Å². The summed E-state index contributed by atoms with van der Waals surface area (Å²) < 4.78 is 5.87. The maximum Gasteiger partial charge on any atom is 0.326 e. The second-order valence-electron chi connectivity index (χ2n) is 13.0. The minimum absolute atomic E-state index is 0.137. The van der Waals surface area contributed by atoms with E-state index in [0.717, 1.165) is 51.4 Å². The molecule has 0 heterocycles. The molecule has 276 valence electrons. The molecule has 0 saturated carbocycles. The number of unbranched alkanes of at least 4 members (excludes halogenated alkanes) is 14. The van der Waals surface area contributed by atoms with Gasteiger partial charge in [-0.3, -0.25) is 9.59 Å². The van der Waals surface area contributed by atoms with Crippen LogP contribution in [0.1, 0.15) is 174 Å². The quantitative estimate of drug-likeness (QED) is 0.0356. The first-order chi connectivity index (χ1) is 23.4. The van der Waals surface area contributed by atoms with Gasteiger partial charge in [0.25, 0.3) is 0 Å². The van der Waals surface area contributed by atoms with E-state index in [1.165, 1.54) is 70.6 Å². The number of nitrogens with two attached hydrogens (primary N) is 1. The molecule has 2 unspecified atom stereocenters. The molecule has 1 amide bonds. The first kappa shape index (κ1) is 45.3. The van der Waals surface area contributed by atoms with Crippen LogP contribution in [0.4, 0.5) is 0 Å². The highest BCUT2D eigenvalue weighted by Crippen LogP contribution is 2.15. The molecule has 0 fully saturated rings. The van der Waals surface area contributed by atoms with Crippen molar-refractivity contribution < 1.29 is 24.2 Å². The van der Waals surface area contributed by atoms with Gasteiger partial charge in [0, 0.05) is 12.8 Å². The first-order valence-corrected chi connectivity index (χ1v) is 19.5. The normalized spacial score (nSPS) is 13.2. The molecule has 0 aliphatic heterocycles. The summed E-state index contributed by atoms with van der Waals surface area (Å²) in [5, 5.41) is 11.9. The number of allylic oxidation sites excluding steroid dienone is 7. The number of carboxylic acid groups (broad SMARTS) is 1.